The summed E-state index contributed by atoms with van der Waals surface area (Å²) in [5.41, 5.74) is 7.38. The van der Waals surface area contributed by atoms with Gasteiger partial charge in [-0.1, -0.05) is 18.6 Å². The normalized spacial score (nSPS) is 16.8. The lowest BCUT2D eigenvalue weighted by Crippen LogP contribution is -2.10. The molecule has 22 heavy (non-hydrogen) atoms. The summed E-state index contributed by atoms with van der Waals surface area (Å²) in [6.45, 7) is 8.54. The maximum Gasteiger partial charge on any atom is 0.120 e. The molecule has 2 aromatic rings. The number of phenolic OH excluding ortho intramolecular Hbond substituents is 1. The van der Waals surface area contributed by atoms with Gasteiger partial charge >= 0.3 is 0 Å². The fourth-order valence-corrected chi connectivity index (χ4v) is 3.68. The first-order chi connectivity index (χ1) is 10.5. The fraction of sp³-hybridized carbons (Fsp3) is 0.450. The Labute approximate surface area is 132 Å². The number of hydrogen-bond acceptors (Lipinski definition) is 2. The van der Waals surface area contributed by atoms with Crippen molar-refractivity contribution in [2.75, 3.05) is 0 Å². The molecular formula is C20H25NO. The molecule has 1 N–H and O–H groups in total. The number of benzene rings is 1. The van der Waals surface area contributed by atoms with E-state index in [4.69, 9.17) is 4.98 Å². The summed E-state index contributed by atoms with van der Waals surface area (Å²) < 4.78 is 0. The maximum absolute atomic E-state index is 10.4. The van der Waals surface area contributed by atoms with Gasteiger partial charge in [-0.2, -0.15) is 0 Å². The monoisotopic (exact) mass is 295 g/mol. The van der Waals surface area contributed by atoms with E-state index >= 15 is 0 Å². The molecule has 1 heterocycles. The van der Waals surface area contributed by atoms with E-state index in [0.717, 1.165) is 42.3 Å². The molecule has 0 amide bonds. The Morgan fingerprint density at radius 2 is 2.18 bits per heavy atom. The van der Waals surface area contributed by atoms with Crippen molar-refractivity contribution in [3.8, 4) is 5.75 Å². The zero-order valence-electron chi connectivity index (χ0n) is 14.0. The molecule has 116 valence electrons. The summed E-state index contributed by atoms with van der Waals surface area (Å²) in [5.74, 6) is 0.854. The van der Waals surface area contributed by atoms with Gasteiger partial charge in [0.25, 0.3) is 0 Å². The van der Waals surface area contributed by atoms with Crippen molar-refractivity contribution in [3.63, 3.8) is 0 Å². The van der Waals surface area contributed by atoms with Crippen LogP contribution in [0, 0.1) is 6.92 Å². The molecule has 1 atom stereocenters. The summed E-state index contributed by atoms with van der Waals surface area (Å²) in [5, 5.41) is 11.6. The number of rotatable bonds is 3. The van der Waals surface area contributed by atoms with Crippen molar-refractivity contribution >= 4 is 10.9 Å². The van der Waals surface area contributed by atoms with E-state index in [1.807, 2.05) is 13.0 Å². The SMILES string of the molecule is CC(C)=CCCc1cnc2c(C)cc(O)c3c2c1CC[C@H]3C. The molecule has 3 rings (SSSR count). The molecule has 2 heteroatoms. The van der Waals surface area contributed by atoms with E-state index in [1.54, 1.807) is 0 Å². The van der Waals surface area contributed by atoms with Crippen molar-refractivity contribution in [3.05, 3.63) is 46.2 Å². The molecule has 1 aromatic carbocycles. The van der Waals surface area contributed by atoms with Crippen LogP contribution in [-0.4, -0.2) is 10.1 Å². The topological polar surface area (TPSA) is 33.1 Å². The van der Waals surface area contributed by atoms with E-state index in [-0.39, 0.29) is 0 Å². The van der Waals surface area contributed by atoms with Crippen LogP contribution >= 0.6 is 0 Å². The van der Waals surface area contributed by atoms with Crippen molar-refractivity contribution in [1.82, 2.24) is 4.98 Å². The summed E-state index contributed by atoms with van der Waals surface area (Å²) in [6, 6.07) is 1.87. The molecule has 0 aliphatic heterocycles. The first kappa shape index (κ1) is 15.1. The van der Waals surface area contributed by atoms with Gasteiger partial charge in [-0.05, 0) is 75.1 Å². The highest BCUT2D eigenvalue weighted by Gasteiger charge is 2.25. The molecular weight excluding hydrogens is 270 g/mol. The standard InChI is InChI=1S/C20H25NO/c1-12(2)6-5-7-15-11-21-20-14(4)10-17(22)18-13(3)8-9-16(15)19(18)20/h6,10-11,13,22H,5,7-9H2,1-4H3/t13-/m1/s1. The summed E-state index contributed by atoms with van der Waals surface area (Å²) in [7, 11) is 0. The van der Waals surface area contributed by atoms with Gasteiger partial charge < -0.3 is 5.11 Å². The van der Waals surface area contributed by atoms with Gasteiger partial charge in [-0.3, -0.25) is 4.98 Å². The molecule has 0 fully saturated rings. The summed E-state index contributed by atoms with van der Waals surface area (Å²) >= 11 is 0. The zero-order valence-corrected chi connectivity index (χ0v) is 14.0. The Morgan fingerprint density at radius 3 is 2.91 bits per heavy atom. The van der Waals surface area contributed by atoms with Crippen LogP contribution in [0.2, 0.25) is 0 Å². The van der Waals surface area contributed by atoms with Gasteiger partial charge in [-0.15, -0.1) is 0 Å². The average Bonchev–Trinajstić information content (AvgIpc) is 2.45. The molecule has 1 aromatic heterocycles. The number of hydrogen-bond donors (Lipinski definition) is 1. The lowest BCUT2D eigenvalue weighted by atomic mass is 9.80. The highest BCUT2D eigenvalue weighted by molar-refractivity contribution is 5.92. The third-order valence-electron chi connectivity index (χ3n) is 4.83. The van der Waals surface area contributed by atoms with Crippen LogP contribution in [0.1, 0.15) is 61.8 Å². The molecule has 2 nitrogen and oxygen atoms in total. The third kappa shape index (κ3) is 2.51. The van der Waals surface area contributed by atoms with Crippen molar-refractivity contribution in [2.24, 2.45) is 0 Å². The number of aromatic nitrogens is 1. The second-order valence-corrected chi connectivity index (χ2v) is 6.87. The molecule has 0 saturated heterocycles. The fourth-order valence-electron chi connectivity index (χ4n) is 3.68. The van der Waals surface area contributed by atoms with Gasteiger partial charge in [-0.25, -0.2) is 0 Å². The van der Waals surface area contributed by atoms with Crippen LogP contribution < -0.4 is 0 Å². The third-order valence-corrected chi connectivity index (χ3v) is 4.83. The van der Waals surface area contributed by atoms with Gasteiger partial charge in [0.15, 0.2) is 0 Å². The highest BCUT2D eigenvalue weighted by Crippen LogP contribution is 2.43. The van der Waals surface area contributed by atoms with Crippen molar-refractivity contribution < 1.29 is 5.11 Å². The number of aryl methyl sites for hydroxylation is 3. The summed E-state index contributed by atoms with van der Waals surface area (Å²) in [4.78, 5) is 4.73. The average molecular weight is 295 g/mol. The van der Waals surface area contributed by atoms with E-state index in [9.17, 15) is 5.11 Å². The number of nitrogens with zero attached hydrogens (tertiary/aromatic N) is 1. The Kier molecular flexibility index (Phi) is 3.94. The minimum atomic E-state index is 0.408. The Balaban J connectivity index is 2.17. The van der Waals surface area contributed by atoms with Crippen molar-refractivity contribution in [1.29, 1.82) is 0 Å². The Morgan fingerprint density at radius 1 is 1.41 bits per heavy atom. The van der Waals surface area contributed by atoms with Gasteiger partial charge in [0.05, 0.1) is 5.52 Å². The highest BCUT2D eigenvalue weighted by atomic mass is 16.3. The molecule has 1 aliphatic carbocycles. The molecule has 0 radical (unpaired) electrons. The Hall–Kier alpha value is -1.83. The second-order valence-electron chi connectivity index (χ2n) is 6.87. The molecule has 0 unspecified atom stereocenters. The lowest BCUT2D eigenvalue weighted by molar-refractivity contribution is 0.460. The lowest BCUT2D eigenvalue weighted by Gasteiger charge is -2.26. The van der Waals surface area contributed by atoms with E-state index in [2.05, 4.69) is 33.0 Å². The summed E-state index contributed by atoms with van der Waals surface area (Å²) in [6.07, 6.45) is 8.65. The van der Waals surface area contributed by atoms with E-state index in [1.165, 1.54) is 22.1 Å². The van der Waals surface area contributed by atoms with E-state index < -0.39 is 0 Å². The molecule has 0 saturated carbocycles. The van der Waals surface area contributed by atoms with Gasteiger partial charge in [0, 0.05) is 17.1 Å². The largest absolute Gasteiger partial charge is 0.508 e. The van der Waals surface area contributed by atoms with Crippen LogP contribution in [0.5, 0.6) is 5.75 Å². The number of aromatic hydroxyl groups is 1. The number of allylic oxidation sites excluding steroid dienone is 2. The van der Waals surface area contributed by atoms with E-state index in [0.29, 0.717) is 11.7 Å². The zero-order chi connectivity index (χ0) is 15.9. The molecule has 0 bridgehead atoms. The van der Waals surface area contributed by atoms with Crippen LogP contribution in [0.15, 0.2) is 23.9 Å². The first-order valence-corrected chi connectivity index (χ1v) is 8.25. The number of pyridine rings is 1. The smallest absolute Gasteiger partial charge is 0.120 e. The predicted octanol–water partition coefficient (Wildman–Crippen LogP) is 5.20. The quantitative estimate of drug-likeness (QED) is 0.790. The predicted molar refractivity (Wildman–Crippen MR) is 92.6 cm³/mol. The maximum atomic E-state index is 10.4. The van der Waals surface area contributed by atoms with Crippen LogP contribution in [-0.2, 0) is 12.8 Å². The molecule has 0 spiro atoms. The Bertz CT molecular complexity index is 754. The van der Waals surface area contributed by atoms with Crippen LogP contribution in [0.4, 0.5) is 0 Å². The first-order valence-electron chi connectivity index (χ1n) is 8.25. The second kappa shape index (κ2) is 5.75. The van der Waals surface area contributed by atoms with Crippen LogP contribution in [0.3, 0.4) is 0 Å². The number of phenols is 1. The minimum absolute atomic E-state index is 0.408. The van der Waals surface area contributed by atoms with Gasteiger partial charge in [0.1, 0.15) is 5.75 Å². The van der Waals surface area contributed by atoms with Crippen molar-refractivity contribution in [2.45, 2.75) is 59.3 Å². The van der Waals surface area contributed by atoms with Gasteiger partial charge in [0.2, 0.25) is 0 Å². The molecule has 1 aliphatic rings. The van der Waals surface area contributed by atoms with Crippen LogP contribution in [0.25, 0.3) is 10.9 Å². The minimum Gasteiger partial charge on any atom is -0.508 e.